The molecule has 206 valence electrons. The van der Waals surface area contributed by atoms with Crippen LogP contribution in [0.5, 0.6) is 0 Å². The van der Waals surface area contributed by atoms with E-state index in [4.69, 9.17) is 16.3 Å². The van der Waals surface area contributed by atoms with Crippen molar-refractivity contribution < 1.29 is 27.9 Å². The number of sulfone groups is 1. The maximum Gasteiger partial charge on any atom is 0.337 e. The van der Waals surface area contributed by atoms with Crippen molar-refractivity contribution >= 4 is 33.3 Å². The van der Waals surface area contributed by atoms with E-state index in [0.29, 0.717) is 10.7 Å². The molecule has 1 unspecified atom stereocenters. The summed E-state index contributed by atoms with van der Waals surface area (Å²) < 4.78 is 32.3. The fourth-order valence-electron chi connectivity index (χ4n) is 5.12. The van der Waals surface area contributed by atoms with Crippen molar-refractivity contribution in [2.24, 2.45) is 5.92 Å². The number of carbonyl (C=O) groups excluding carboxylic acids is 1. The van der Waals surface area contributed by atoms with Crippen LogP contribution in [0, 0.1) is 5.92 Å². The highest BCUT2D eigenvalue weighted by Gasteiger charge is 2.54. The van der Waals surface area contributed by atoms with E-state index in [1.54, 1.807) is 50.8 Å². The second kappa shape index (κ2) is 10.2. The number of halogens is 1. The molecule has 10 heteroatoms. The standard InChI is InChI=1S/C28H35ClN2O6S/c1-17-24(19-8-11-21(29)12-9-19)31(23(18-6-7-18)16-38(35,36)27(2,3)4)26(34)28(5,37-17)14-22-13-10-20(15-30-22)25(32)33/h8-13,15,17-18,23-24H,6-7,14,16H2,1-5H3,(H,32,33)/t17-,23?,24+,28-/m1/s1. The normalized spacial score (nSPS) is 25.3. The molecule has 0 spiro atoms. The fraction of sp³-hybridized carbons (Fsp3) is 0.536. The van der Waals surface area contributed by atoms with Crippen LogP contribution in [-0.2, 0) is 25.8 Å². The third kappa shape index (κ3) is 5.75. The zero-order valence-corrected chi connectivity index (χ0v) is 23.9. The van der Waals surface area contributed by atoms with Crippen molar-refractivity contribution in [3.63, 3.8) is 0 Å². The minimum atomic E-state index is -3.54. The second-order valence-corrected chi connectivity index (χ2v) is 14.8. The fourth-order valence-corrected chi connectivity index (χ4v) is 6.63. The number of rotatable bonds is 8. The molecule has 1 amide bonds. The lowest BCUT2D eigenvalue weighted by Gasteiger charge is -2.51. The molecule has 0 bridgehead atoms. The summed E-state index contributed by atoms with van der Waals surface area (Å²) in [6.45, 7) is 8.64. The molecule has 2 aromatic rings. The molecule has 1 N–H and O–H groups in total. The van der Waals surface area contributed by atoms with Crippen molar-refractivity contribution in [3.8, 4) is 0 Å². The van der Waals surface area contributed by atoms with Gasteiger partial charge in [0.2, 0.25) is 0 Å². The van der Waals surface area contributed by atoms with Gasteiger partial charge < -0.3 is 14.7 Å². The molecular formula is C28H35ClN2O6S. The molecule has 38 heavy (non-hydrogen) atoms. The van der Waals surface area contributed by atoms with Crippen LogP contribution >= 0.6 is 11.6 Å². The first kappa shape index (κ1) is 28.5. The lowest BCUT2D eigenvalue weighted by atomic mass is 9.88. The van der Waals surface area contributed by atoms with Crippen molar-refractivity contribution in [3.05, 3.63) is 64.4 Å². The van der Waals surface area contributed by atoms with Crippen molar-refractivity contribution in [2.45, 2.75) is 82.4 Å². The molecule has 0 radical (unpaired) electrons. The predicted octanol–water partition coefficient (Wildman–Crippen LogP) is 4.71. The van der Waals surface area contributed by atoms with E-state index in [1.165, 1.54) is 12.3 Å². The summed E-state index contributed by atoms with van der Waals surface area (Å²) in [4.78, 5) is 31.6. The van der Waals surface area contributed by atoms with Gasteiger partial charge in [0.05, 0.1) is 28.2 Å². The van der Waals surface area contributed by atoms with Crippen LogP contribution in [0.1, 0.15) is 75.1 Å². The van der Waals surface area contributed by atoms with Crippen LogP contribution in [0.3, 0.4) is 0 Å². The predicted molar refractivity (Wildman–Crippen MR) is 145 cm³/mol. The van der Waals surface area contributed by atoms with E-state index in [2.05, 4.69) is 4.98 Å². The Balaban J connectivity index is 1.76. The zero-order chi connectivity index (χ0) is 28.0. The number of benzene rings is 1. The minimum Gasteiger partial charge on any atom is -0.478 e. The molecule has 1 saturated heterocycles. The molecule has 8 nitrogen and oxygen atoms in total. The first-order chi connectivity index (χ1) is 17.6. The van der Waals surface area contributed by atoms with Crippen LogP contribution in [0.4, 0.5) is 0 Å². The summed E-state index contributed by atoms with van der Waals surface area (Å²) in [6.07, 6.45) is 2.62. The largest absolute Gasteiger partial charge is 0.478 e. The maximum absolute atomic E-state index is 14.4. The average Bonchev–Trinajstić information content (AvgIpc) is 3.66. The quantitative estimate of drug-likeness (QED) is 0.495. The number of carboxylic acids is 1. The molecule has 2 aliphatic rings. The van der Waals surface area contributed by atoms with Gasteiger partial charge in [-0.05, 0) is 83.2 Å². The van der Waals surface area contributed by atoms with Gasteiger partial charge in [-0.3, -0.25) is 9.78 Å². The zero-order valence-electron chi connectivity index (χ0n) is 22.3. The Kier molecular flexibility index (Phi) is 7.69. The van der Waals surface area contributed by atoms with Crippen LogP contribution in [0.25, 0.3) is 0 Å². The number of aromatic nitrogens is 1. The smallest absolute Gasteiger partial charge is 0.337 e. The highest BCUT2D eigenvalue weighted by molar-refractivity contribution is 7.92. The Morgan fingerprint density at radius 2 is 1.84 bits per heavy atom. The molecular weight excluding hydrogens is 528 g/mol. The maximum atomic E-state index is 14.4. The number of hydrogen-bond acceptors (Lipinski definition) is 6. The monoisotopic (exact) mass is 562 g/mol. The molecule has 1 aromatic carbocycles. The summed E-state index contributed by atoms with van der Waals surface area (Å²) in [7, 11) is -3.54. The van der Waals surface area contributed by atoms with E-state index < -0.39 is 44.3 Å². The summed E-state index contributed by atoms with van der Waals surface area (Å²) in [5, 5.41) is 9.76. The van der Waals surface area contributed by atoms with Gasteiger partial charge in [-0.25, -0.2) is 13.2 Å². The molecule has 2 fully saturated rings. The van der Waals surface area contributed by atoms with Crippen LogP contribution in [-0.4, -0.2) is 63.5 Å². The topological polar surface area (TPSA) is 114 Å². The van der Waals surface area contributed by atoms with Crippen molar-refractivity contribution in [1.29, 1.82) is 0 Å². The molecule has 4 rings (SSSR count). The number of amides is 1. The lowest BCUT2D eigenvalue weighted by molar-refractivity contribution is -0.198. The third-order valence-corrected chi connectivity index (χ3v) is 10.4. The van der Waals surface area contributed by atoms with Gasteiger partial charge in [0, 0.05) is 29.4 Å². The third-order valence-electron chi connectivity index (χ3n) is 7.53. The number of carbonyl (C=O) groups is 2. The number of nitrogens with zero attached hydrogens (tertiary/aromatic N) is 2. The van der Waals surface area contributed by atoms with Crippen molar-refractivity contribution in [2.75, 3.05) is 5.75 Å². The summed E-state index contributed by atoms with van der Waals surface area (Å²) >= 11 is 6.14. The summed E-state index contributed by atoms with van der Waals surface area (Å²) in [5.41, 5.74) is 0.0562. The van der Waals surface area contributed by atoms with Gasteiger partial charge in [0.1, 0.15) is 5.60 Å². The average molecular weight is 563 g/mol. The molecule has 1 aromatic heterocycles. The van der Waals surface area contributed by atoms with Crippen molar-refractivity contribution in [1.82, 2.24) is 9.88 Å². The highest BCUT2D eigenvalue weighted by Crippen LogP contribution is 2.46. The van der Waals surface area contributed by atoms with Gasteiger partial charge in [-0.2, -0.15) is 0 Å². The summed E-state index contributed by atoms with van der Waals surface area (Å²) in [6, 6.07) is 9.22. The van der Waals surface area contributed by atoms with Crippen LogP contribution in [0.2, 0.25) is 5.02 Å². The highest BCUT2D eigenvalue weighted by atomic mass is 35.5. The van der Waals surface area contributed by atoms with E-state index in [0.717, 1.165) is 18.4 Å². The van der Waals surface area contributed by atoms with Gasteiger partial charge in [-0.1, -0.05) is 23.7 Å². The molecule has 4 atom stereocenters. The second-order valence-electron chi connectivity index (χ2n) is 11.6. The Morgan fingerprint density at radius 3 is 2.34 bits per heavy atom. The Hall–Kier alpha value is -2.49. The van der Waals surface area contributed by atoms with E-state index in [-0.39, 0.29) is 29.6 Å². The Labute approximate surface area is 229 Å². The summed E-state index contributed by atoms with van der Waals surface area (Å²) in [5.74, 6) is -1.45. The van der Waals surface area contributed by atoms with Crippen LogP contribution < -0.4 is 0 Å². The van der Waals surface area contributed by atoms with Gasteiger partial charge in [0.25, 0.3) is 5.91 Å². The minimum absolute atomic E-state index is 0.0498. The SMILES string of the molecule is C[C@H]1O[C@](C)(Cc2ccc(C(=O)O)cn2)C(=O)N(C(CS(=O)(=O)C(C)(C)C)C2CC2)[C@@H]1c1ccc(Cl)cc1. The number of carboxylic acid groups (broad SMARTS) is 1. The van der Waals surface area contributed by atoms with E-state index in [9.17, 15) is 23.1 Å². The van der Waals surface area contributed by atoms with Gasteiger partial charge in [-0.15, -0.1) is 0 Å². The lowest BCUT2D eigenvalue weighted by Crippen LogP contribution is -2.64. The molecule has 1 saturated carbocycles. The first-order valence-corrected chi connectivity index (χ1v) is 14.8. The molecule has 1 aliphatic carbocycles. The Morgan fingerprint density at radius 1 is 1.21 bits per heavy atom. The van der Waals surface area contributed by atoms with E-state index in [1.807, 2.05) is 19.1 Å². The first-order valence-electron chi connectivity index (χ1n) is 12.8. The molecule has 1 aliphatic heterocycles. The number of morpholine rings is 1. The number of pyridine rings is 1. The number of hydrogen-bond donors (Lipinski definition) is 1. The van der Waals surface area contributed by atoms with Crippen LogP contribution in [0.15, 0.2) is 42.6 Å². The van der Waals surface area contributed by atoms with E-state index >= 15 is 0 Å². The molecule has 2 heterocycles. The number of ether oxygens (including phenoxy) is 1. The van der Waals surface area contributed by atoms with Gasteiger partial charge >= 0.3 is 5.97 Å². The Bertz CT molecular complexity index is 1300. The van der Waals surface area contributed by atoms with Gasteiger partial charge in [0.15, 0.2) is 9.84 Å². The number of aromatic carboxylic acids is 1.